The fourth-order valence-electron chi connectivity index (χ4n) is 1.83. The van der Waals surface area contributed by atoms with Crippen LogP contribution in [-0.4, -0.2) is 11.9 Å². The van der Waals surface area contributed by atoms with Crippen molar-refractivity contribution < 1.29 is 0 Å². The van der Waals surface area contributed by atoms with E-state index >= 15 is 0 Å². The van der Waals surface area contributed by atoms with Crippen molar-refractivity contribution in [1.82, 2.24) is 4.90 Å². The van der Waals surface area contributed by atoms with Gasteiger partial charge in [0.05, 0.1) is 6.54 Å². The normalized spacial score (nSPS) is 14.9. The molecule has 0 atom stereocenters. The van der Waals surface area contributed by atoms with Crippen LogP contribution in [0.4, 0.5) is 0 Å². The largest absolute Gasteiger partial charge is 0.298 e. The second-order valence-electron chi connectivity index (χ2n) is 3.66. The van der Waals surface area contributed by atoms with E-state index in [0.29, 0.717) is 6.54 Å². The average Bonchev–Trinajstić information content (AvgIpc) is 2.54. The molecule has 0 aliphatic carbocycles. The maximum atomic E-state index is 8.21. The summed E-state index contributed by atoms with van der Waals surface area (Å²) in [6.07, 6.45) is 0. The van der Waals surface area contributed by atoms with Crippen molar-refractivity contribution in [2.45, 2.75) is 19.6 Å². The van der Waals surface area contributed by atoms with Crippen LogP contribution >= 0.6 is 0 Å². The van der Waals surface area contributed by atoms with E-state index < -0.39 is 0 Å². The van der Waals surface area contributed by atoms with Crippen LogP contribution in [0.5, 0.6) is 0 Å². The molecule has 0 unspecified atom stereocenters. The third kappa shape index (κ3) is 1.71. The first kappa shape index (κ1) is 9.06. The monoisotopic (exact) mass is 188 g/mol. The number of fused-ring (bicyclic) bond motifs is 1. The van der Waals surface area contributed by atoms with Gasteiger partial charge in [0.1, 0.15) is 0 Å². The third-order valence-electron chi connectivity index (χ3n) is 2.47. The van der Waals surface area contributed by atoms with Crippen molar-refractivity contribution in [3.05, 3.63) is 45.3 Å². The number of nitrogens with zero attached hydrogens (tertiary/aromatic N) is 4. The summed E-state index contributed by atoms with van der Waals surface area (Å²) in [7, 11) is 2.10. The van der Waals surface area contributed by atoms with Crippen molar-refractivity contribution in [2.24, 2.45) is 5.11 Å². The van der Waals surface area contributed by atoms with Gasteiger partial charge in [-0.1, -0.05) is 23.3 Å². The van der Waals surface area contributed by atoms with E-state index in [1.165, 1.54) is 11.1 Å². The summed E-state index contributed by atoms with van der Waals surface area (Å²) in [4.78, 5) is 5.02. The maximum Gasteiger partial charge on any atom is 0.0510 e. The molecule has 1 heterocycles. The molecule has 0 N–H and O–H groups in total. The molecule has 1 aliphatic heterocycles. The fraction of sp³-hybridized carbons (Fsp3) is 0.400. The molecule has 0 aromatic heterocycles. The van der Waals surface area contributed by atoms with E-state index in [2.05, 4.69) is 34.1 Å². The number of benzene rings is 1. The summed E-state index contributed by atoms with van der Waals surface area (Å²) in [5, 5.41) is 3.55. The molecule has 0 bridgehead atoms. The van der Waals surface area contributed by atoms with Gasteiger partial charge in [0.15, 0.2) is 0 Å². The molecule has 1 aromatic carbocycles. The summed E-state index contributed by atoms with van der Waals surface area (Å²) in [5.41, 5.74) is 12.1. The van der Waals surface area contributed by atoms with Crippen molar-refractivity contribution in [3.8, 4) is 0 Å². The van der Waals surface area contributed by atoms with Gasteiger partial charge in [0.2, 0.25) is 0 Å². The molecule has 2 rings (SSSR count). The number of azide groups is 1. The lowest BCUT2D eigenvalue weighted by Crippen LogP contribution is -2.07. The first-order chi connectivity index (χ1) is 6.79. The Balaban J connectivity index is 2.23. The Hall–Kier alpha value is -1.51. The zero-order valence-corrected chi connectivity index (χ0v) is 8.14. The molecule has 4 nitrogen and oxygen atoms in total. The molecule has 4 heteroatoms. The second-order valence-corrected chi connectivity index (χ2v) is 3.66. The lowest BCUT2D eigenvalue weighted by molar-refractivity contribution is 0.353. The standard InChI is InChI=1S/C10H12N4/c1-14-6-9-3-2-8(5-12-13-11)4-10(9)7-14/h2-4H,5-7H2,1H3. The maximum absolute atomic E-state index is 8.21. The molecule has 0 saturated heterocycles. The van der Waals surface area contributed by atoms with Gasteiger partial charge in [-0.05, 0) is 29.3 Å². The van der Waals surface area contributed by atoms with Crippen LogP contribution in [0.2, 0.25) is 0 Å². The van der Waals surface area contributed by atoms with Crippen LogP contribution < -0.4 is 0 Å². The molecule has 14 heavy (non-hydrogen) atoms. The average molecular weight is 188 g/mol. The Bertz CT molecular complexity index is 393. The van der Waals surface area contributed by atoms with Crippen molar-refractivity contribution >= 4 is 0 Å². The third-order valence-corrected chi connectivity index (χ3v) is 2.47. The fourth-order valence-corrected chi connectivity index (χ4v) is 1.83. The van der Waals surface area contributed by atoms with Gasteiger partial charge in [-0.2, -0.15) is 0 Å². The van der Waals surface area contributed by atoms with E-state index in [0.717, 1.165) is 18.7 Å². The minimum atomic E-state index is 0.452. The van der Waals surface area contributed by atoms with Gasteiger partial charge in [-0.15, -0.1) is 0 Å². The first-order valence-electron chi connectivity index (χ1n) is 4.59. The van der Waals surface area contributed by atoms with Gasteiger partial charge < -0.3 is 0 Å². The number of hydrogen-bond acceptors (Lipinski definition) is 2. The first-order valence-corrected chi connectivity index (χ1v) is 4.59. The van der Waals surface area contributed by atoms with E-state index in [4.69, 9.17) is 5.53 Å². The number of rotatable bonds is 2. The Morgan fingerprint density at radius 1 is 1.43 bits per heavy atom. The van der Waals surface area contributed by atoms with Crippen LogP contribution in [0.15, 0.2) is 23.3 Å². The topological polar surface area (TPSA) is 52.0 Å². The number of hydrogen-bond donors (Lipinski definition) is 0. The van der Waals surface area contributed by atoms with Crippen molar-refractivity contribution in [3.63, 3.8) is 0 Å². The van der Waals surface area contributed by atoms with Crippen molar-refractivity contribution in [1.29, 1.82) is 0 Å². The summed E-state index contributed by atoms with van der Waals surface area (Å²) in [5.74, 6) is 0. The predicted octanol–water partition coefficient (Wildman–Crippen LogP) is 2.44. The molecular formula is C10H12N4. The Labute approximate surface area is 82.8 Å². The second kappa shape index (κ2) is 3.70. The van der Waals surface area contributed by atoms with E-state index in [1.807, 2.05) is 6.07 Å². The molecule has 0 saturated carbocycles. The predicted molar refractivity (Wildman–Crippen MR) is 54.5 cm³/mol. The van der Waals surface area contributed by atoms with Crippen LogP contribution in [0, 0.1) is 0 Å². The highest BCUT2D eigenvalue weighted by Crippen LogP contribution is 2.22. The summed E-state index contributed by atoms with van der Waals surface area (Å²) in [6.45, 7) is 2.48. The molecule has 0 radical (unpaired) electrons. The zero-order valence-electron chi connectivity index (χ0n) is 8.14. The van der Waals surface area contributed by atoms with Crippen LogP contribution in [0.3, 0.4) is 0 Å². The minimum absolute atomic E-state index is 0.452. The van der Waals surface area contributed by atoms with E-state index in [-0.39, 0.29) is 0 Å². The Morgan fingerprint density at radius 2 is 2.21 bits per heavy atom. The van der Waals surface area contributed by atoms with E-state index in [9.17, 15) is 0 Å². The van der Waals surface area contributed by atoms with Gasteiger partial charge >= 0.3 is 0 Å². The van der Waals surface area contributed by atoms with E-state index in [1.54, 1.807) is 0 Å². The van der Waals surface area contributed by atoms with Crippen LogP contribution in [-0.2, 0) is 19.6 Å². The summed E-state index contributed by atoms with van der Waals surface area (Å²) >= 11 is 0. The highest BCUT2D eigenvalue weighted by atomic mass is 15.1. The Kier molecular flexibility index (Phi) is 2.39. The quantitative estimate of drug-likeness (QED) is 0.399. The van der Waals surface area contributed by atoms with Crippen LogP contribution in [0.25, 0.3) is 10.4 Å². The Morgan fingerprint density at radius 3 is 3.00 bits per heavy atom. The molecule has 0 amide bonds. The van der Waals surface area contributed by atoms with Gasteiger partial charge in [0.25, 0.3) is 0 Å². The molecule has 0 fully saturated rings. The zero-order chi connectivity index (χ0) is 9.97. The molecule has 1 aliphatic rings. The van der Waals surface area contributed by atoms with Gasteiger partial charge in [-0.25, -0.2) is 0 Å². The summed E-state index contributed by atoms with van der Waals surface area (Å²) < 4.78 is 0. The van der Waals surface area contributed by atoms with Gasteiger partial charge in [0, 0.05) is 18.0 Å². The van der Waals surface area contributed by atoms with Crippen LogP contribution in [0.1, 0.15) is 16.7 Å². The molecular weight excluding hydrogens is 176 g/mol. The highest BCUT2D eigenvalue weighted by Gasteiger charge is 2.14. The minimum Gasteiger partial charge on any atom is -0.298 e. The SMILES string of the molecule is CN1Cc2ccc(CN=[N+]=[N-])cc2C1. The lowest BCUT2D eigenvalue weighted by atomic mass is 10.1. The summed E-state index contributed by atoms with van der Waals surface area (Å²) in [6, 6.07) is 6.29. The van der Waals surface area contributed by atoms with Crippen molar-refractivity contribution in [2.75, 3.05) is 7.05 Å². The smallest absolute Gasteiger partial charge is 0.0510 e. The van der Waals surface area contributed by atoms with Gasteiger partial charge in [-0.3, -0.25) is 4.90 Å². The molecule has 72 valence electrons. The lowest BCUT2D eigenvalue weighted by Gasteiger charge is -2.02. The highest BCUT2D eigenvalue weighted by molar-refractivity contribution is 5.34. The molecule has 0 spiro atoms. The molecule has 1 aromatic rings.